The third-order valence-electron chi connectivity index (χ3n) is 12.1. The Bertz CT molecular complexity index is 929. The molecule has 0 aromatic carbocycles. The van der Waals surface area contributed by atoms with E-state index in [1.54, 1.807) is 0 Å². The third kappa shape index (κ3) is 47.5. The molecule has 0 saturated carbocycles. The number of carbonyl (C=O) groups excluding carboxylic acids is 3. The number of carbonyl (C=O) groups is 3. The van der Waals surface area contributed by atoms with Gasteiger partial charge in [-0.05, 0) is 37.0 Å². The highest BCUT2D eigenvalue weighted by Gasteiger charge is 2.19. The maximum absolute atomic E-state index is 12.7. The molecule has 0 unspecified atom stereocenters. The molecule has 0 N–H and O–H groups in total. The van der Waals surface area contributed by atoms with E-state index in [4.69, 9.17) is 14.2 Å². The minimum Gasteiger partial charge on any atom is -0.462 e. The van der Waals surface area contributed by atoms with Gasteiger partial charge in [0.1, 0.15) is 13.2 Å². The fourth-order valence-electron chi connectivity index (χ4n) is 8.12. The molecule has 6 heteroatoms. The first-order valence-electron chi connectivity index (χ1n) is 26.6. The van der Waals surface area contributed by atoms with Gasteiger partial charge in [0.05, 0.1) is 0 Å². The molecule has 0 radical (unpaired) electrons. The zero-order chi connectivity index (χ0) is 44.2. The lowest BCUT2D eigenvalue weighted by atomic mass is 10.0. The Morgan fingerprint density at radius 2 is 0.483 bits per heavy atom. The summed E-state index contributed by atoms with van der Waals surface area (Å²) in [5.41, 5.74) is 0. The summed E-state index contributed by atoms with van der Waals surface area (Å²) in [6.07, 6.45) is 45.4. The predicted octanol–water partition coefficient (Wildman–Crippen LogP) is 17.2. The van der Waals surface area contributed by atoms with Crippen LogP contribution in [0.25, 0.3) is 0 Å². The van der Waals surface area contributed by atoms with Crippen LogP contribution >= 0.6 is 0 Å². The molecule has 0 saturated heterocycles. The van der Waals surface area contributed by atoms with Crippen molar-refractivity contribution in [3.8, 4) is 0 Å². The molecule has 60 heavy (non-hydrogen) atoms. The van der Waals surface area contributed by atoms with Crippen molar-refractivity contribution in [2.24, 2.45) is 17.8 Å². The van der Waals surface area contributed by atoms with E-state index in [1.807, 2.05) is 0 Å². The predicted molar refractivity (Wildman–Crippen MR) is 256 cm³/mol. The molecule has 0 aliphatic heterocycles. The van der Waals surface area contributed by atoms with Crippen molar-refractivity contribution in [2.45, 2.75) is 298 Å². The average molecular weight is 849 g/mol. The molecule has 0 rings (SSSR count). The van der Waals surface area contributed by atoms with Gasteiger partial charge in [-0.3, -0.25) is 14.4 Å². The Morgan fingerprint density at radius 1 is 0.283 bits per heavy atom. The molecule has 0 fully saturated rings. The van der Waals surface area contributed by atoms with Gasteiger partial charge in [0.2, 0.25) is 0 Å². The van der Waals surface area contributed by atoms with Crippen molar-refractivity contribution >= 4 is 17.9 Å². The van der Waals surface area contributed by atoms with E-state index >= 15 is 0 Å². The van der Waals surface area contributed by atoms with Gasteiger partial charge in [-0.1, -0.05) is 253 Å². The van der Waals surface area contributed by atoms with Crippen LogP contribution in [0.5, 0.6) is 0 Å². The fraction of sp³-hybridized carbons (Fsp3) is 0.944. The van der Waals surface area contributed by atoms with Gasteiger partial charge in [-0.2, -0.15) is 0 Å². The number of rotatable bonds is 47. The van der Waals surface area contributed by atoms with Crippen LogP contribution in [0.15, 0.2) is 0 Å². The number of unbranched alkanes of at least 4 members (excludes halogenated alkanes) is 30. The minimum absolute atomic E-state index is 0.0653. The van der Waals surface area contributed by atoms with E-state index < -0.39 is 6.10 Å². The lowest BCUT2D eigenvalue weighted by Crippen LogP contribution is -2.30. The second-order valence-corrected chi connectivity index (χ2v) is 19.9. The van der Waals surface area contributed by atoms with E-state index in [0.717, 1.165) is 75.5 Å². The molecular weight excluding hydrogens is 745 g/mol. The lowest BCUT2D eigenvalue weighted by Gasteiger charge is -2.18. The zero-order valence-electron chi connectivity index (χ0n) is 41.3. The monoisotopic (exact) mass is 849 g/mol. The average Bonchev–Trinajstić information content (AvgIpc) is 3.20. The standard InChI is InChI=1S/C54H104O6/c1-48(2)40-34-28-22-17-15-13-11-9-7-8-10-12-14-16-18-25-31-37-43-52(55)58-46-51(47-59-53(56)44-38-32-27-21-24-30-36-42-50(5)6)60-54(57)45-39-33-26-20-19-23-29-35-41-49(3)4/h48-51H,7-47H2,1-6H3/t51-/m0/s1. The van der Waals surface area contributed by atoms with E-state index in [0.29, 0.717) is 19.3 Å². The topological polar surface area (TPSA) is 78.9 Å². The summed E-state index contributed by atoms with van der Waals surface area (Å²) in [4.78, 5) is 37.9. The summed E-state index contributed by atoms with van der Waals surface area (Å²) in [6.45, 7) is 13.7. The second kappa shape index (κ2) is 45.4. The van der Waals surface area contributed by atoms with E-state index in [2.05, 4.69) is 41.5 Å². The normalized spacial score (nSPS) is 12.2. The number of esters is 3. The molecule has 0 bridgehead atoms. The minimum atomic E-state index is -0.763. The Hall–Kier alpha value is -1.59. The van der Waals surface area contributed by atoms with Gasteiger partial charge in [0.25, 0.3) is 0 Å². The van der Waals surface area contributed by atoms with Crippen molar-refractivity contribution in [3.63, 3.8) is 0 Å². The molecule has 1 atom stereocenters. The smallest absolute Gasteiger partial charge is 0.306 e. The quantitative estimate of drug-likeness (QED) is 0.0345. The first kappa shape index (κ1) is 58.4. The highest BCUT2D eigenvalue weighted by atomic mass is 16.6. The van der Waals surface area contributed by atoms with Crippen molar-refractivity contribution < 1.29 is 28.6 Å². The Morgan fingerprint density at radius 3 is 0.717 bits per heavy atom. The lowest BCUT2D eigenvalue weighted by molar-refractivity contribution is -0.167. The van der Waals surface area contributed by atoms with Crippen LogP contribution in [0.3, 0.4) is 0 Å². The van der Waals surface area contributed by atoms with Crippen molar-refractivity contribution in [3.05, 3.63) is 0 Å². The molecule has 0 amide bonds. The first-order valence-corrected chi connectivity index (χ1v) is 26.6. The van der Waals surface area contributed by atoms with Crippen LogP contribution in [0.4, 0.5) is 0 Å². The summed E-state index contributed by atoms with van der Waals surface area (Å²) in [5, 5.41) is 0. The van der Waals surface area contributed by atoms with Crippen molar-refractivity contribution in [2.75, 3.05) is 13.2 Å². The molecule has 0 aromatic rings. The van der Waals surface area contributed by atoms with Crippen molar-refractivity contribution in [1.29, 1.82) is 0 Å². The molecule has 0 heterocycles. The van der Waals surface area contributed by atoms with Crippen LogP contribution in [-0.2, 0) is 28.6 Å². The third-order valence-corrected chi connectivity index (χ3v) is 12.1. The maximum Gasteiger partial charge on any atom is 0.306 e. The van der Waals surface area contributed by atoms with Crippen LogP contribution in [0.2, 0.25) is 0 Å². The summed E-state index contributed by atoms with van der Waals surface area (Å²) in [5.74, 6) is 1.58. The molecule has 0 aliphatic carbocycles. The molecule has 356 valence electrons. The van der Waals surface area contributed by atoms with Crippen LogP contribution in [0, 0.1) is 17.8 Å². The van der Waals surface area contributed by atoms with Gasteiger partial charge in [-0.15, -0.1) is 0 Å². The number of hydrogen-bond acceptors (Lipinski definition) is 6. The number of hydrogen-bond donors (Lipinski definition) is 0. The van der Waals surface area contributed by atoms with Gasteiger partial charge in [0, 0.05) is 19.3 Å². The van der Waals surface area contributed by atoms with Gasteiger partial charge in [0.15, 0.2) is 6.10 Å². The van der Waals surface area contributed by atoms with Crippen LogP contribution in [-0.4, -0.2) is 37.2 Å². The highest BCUT2D eigenvalue weighted by Crippen LogP contribution is 2.18. The van der Waals surface area contributed by atoms with Crippen LogP contribution < -0.4 is 0 Å². The summed E-state index contributed by atoms with van der Waals surface area (Å²) in [7, 11) is 0. The van der Waals surface area contributed by atoms with E-state index in [1.165, 1.54) is 173 Å². The van der Waals surface area contributed by atoms with Crippen molar-refractivity contribution in [1.82, 2.24) is 0 Å². The molecule has 6 nitrogen and oxygen atoms in total. The first-order chi connectivity index (χ1) is 29.1. The highest BCUT2D eigenvalue weighted by molar-refractivity contribution is 5.71. The molecular formula is C54H104O6. The zero-order valence-corrected chi connectivity index (χ0v) is 41.3. The van der Waals surface area contributed by atoms with E-state index in [9.17, 15) is 14.4 Å². The van der Waals surface area contributed by atoms with Crippen LogP contribution in [0.1, 0.15) is 292 Å². The Labute approximate surface area is 374 Å². The second-order valence-electron chi connectivity index (χ2n) is 19.9. The SMILES string of the molecule is CC(C)CCCCCCCCCCCCCCCCCCCCC(=O)OC[C@@H](COC(=O)CCCCCCCCCC(C)C)OC(=O)CCCCCCCCCCC(C)C. The van der Waals surface area contributed by atoms with Gasteiger partial charge in [-0.25, -0.2) is 0 Å². The molecule has 0 spiro atoms. The molecule has 0 aliphatic rings. The number of ether oxygens (including phenoxy) is 3. The Kier molecular flexibility index (Phi) is 44.2. The largest absolute Gasteiger partial charge is 0.462 e. The Balaban J connectivity index is 4.18. The van der Waals surface area contributed by atoms with E-state index in [-0.39, 0.29) is 31.1 Å². The van der Waals surface area contributed by atoms with Gasteiger partial charge < -0.3 is 14.2 Å². The fourth-order valence-corrected chi connectivity index (χ4v) is 8.12. The maximum atomic E-state index is 12.7. The summed E-state index contributed by atoms with van der Waals surface area (Å²) in [6, 6.07) is 0. The molecule has 0 aromatic heterocycles. The summed E-state index contributed by atoms with van der Waals surface area (Å²) < 4.78 is 16.8. The van der Waals surface area contributed by atoms with Gasteiger partial charge >= 0.3 is 17.9 Å². The summed E-state index contributed by atoms with van der Waals surface area (Å²) >= 11 is 0.